The Bertz CT molecular complexity index is 865. The summed E-state index contributed by atoms with van der Waals surface area (Å²) in [5, 5.41) is 5.58. The molecule has 1 heterocycles. The van der Waals surface area contributed by atoms with Crippen molar-refractivity contribution in [3.8, 4) is 0 Å². The quantitative estimate of drug-likeness (QED) is 0.440. The van der Waals surface area contributed by atoms with E-state index in [1.54, 1.807) is 0 Å². The van der Waals surface area contributed by atoms with Gasteiger partial charge in [0.2, 0.25) is 0 Å². The number of aromatic nitrogens is 1. The number of hydrogen-bond donors (Lipinski definition) is 2. The van der Waals surface area contributed by atoms with E-state index in [1.165, 1.54) is 11.1 Å². The second kappa shape index (κ2) is 6.62. The number of para-hydroxylation sites is 1. The van der Waals surface area contributed by atoms with E-state index in [1.807, 2.05) is 25.1 Å². The first kappa shape index (κ1) is 15.2. The van der Waals surface area contributed by atoms with Crippen molar-refractivity contribution >= 4 is 33.9 Å². The van der Waals surface area contributed by atoms with Crippen LogP contribution in [0.15, 0.2) is 65.9 Å². The van der Waals surface area contributed by atoms with Gasteiger partial charge in [-0.3, -0.25) is 5.43 Å². The Morgan fingerprint density at radius 3 is 2.57 bits per heavy atom. The molecule has 0 aliphatic carbocycles. The van der Waals surface area contributed by atoms with E-state index in [9.17, 15) is 0 Å². The smallest absolute Gasteiger partial charge is 0.184 e. The summed E-state index contributed by atoms with van der Waals surface area (Å²) in [7, 11) is 0. The SMILES string of the molecule is CC(=NNC(N)=S)c1cn(Cc2ccccc2)c2ccccc12. The molecule has 3 N–H and O–H groups in total. The molecular weight excluding hydrogens is 304 g/mol. The molecule has 0 fully saturated rings. The van der Waals surface area contributed by atoms with Crippen molar-refractivity contribution in [2.24, 2.45) is 10.8 Å². The van der Waals surface area contributed by atoms with Crippen LogP contribution in [0.1, 0.15) is 18.1 Å². The number of rotatable bonds is 4. The zero-order chi connectivity index (χ0) is 16.2. The highest BCUT2D eigenvalue weighted by Crippen LogP contribution is 2.23. The summed E-state index contributed by atoms with van der Waals surface area (Å²) in [6.45, 7) is 2.76. The maximum Gasteiger partial charge on any atom is 0.184 e. The molecular formula is C18H18N4S. The number of benzene rings is 2. The first-order valence-corrected chi connectivity index (χ1v) is 7.78. The van der Waals surface area contributed by atoms with Crippen molar-refractivity contribution in [3.63, 3.8) is 0 Å². The van der Waals surface area contributed by atoms with Crippen LogP contribution in [-0.2, 0) is 6.54 Å². The summed E-state index contributed by atoms with van der Waals surface area (Å²) < 4.78 is 2.24. The molecule has 0 saturated carbocycles. The van der Waals surface area contributed by atoms with Gasteiger partial charge in [-0.1, -0.05) is 48.5 Å². The average Bonchev–Trinajstić information content (AvgIpc) is 2.92. The minimum Gasteiger partial charge on any atom is -0.375 e. The average molecular weight is 322 g/mol. The summed E-state index contributed by atoms with van der Waals surface area (Å²) >= 11 is 4.81. The van der Waals surface area contributed by atoms with Gasteiger partial charge in [-0.25, -0.2) is 0 Å². The molecule has 0 atom stereocenters. The van der Waals surface area contributed by atoms with Gasteiger partial charge in [0.25, 0.3) is 0 Å². The molecule has 23 heavy (non-hydrogen) atoms. The van der Waals surface area contributed by atoms with Crippen LogP contribution in [0.25, 0.3) is 10.9 Å². The van der Waals surface area contributed by atoms with Gasteiger partial charge in [0.05, 0.1) is 5.71 Å². The standard InChI is InChI=1S/C18H18N4S/c1-13(20-21-18(19)23)16-12-22(11-14-7-3-2-4-8-14)17-10-6-5-9-15(16)17/h2-10,12H,11H2,1H3,(H3,19,21,23). The highest BCUT2D eigenvalue weighted by molar-refractivity contribution is 7.80. The van der Waals surface area contributed by atoms with Gasteiger partial charge in [0.15, 0.2) is 5.11 Å². The fourth-order valence-corrected chi connectivity index (χ4v) is 2.69. The summed E-state index contributed by atoms with van der Waals surface area (Å²) in [5.74, 6) is 0. The molecule has 2 aromatic carbocycles. The van der Waals surface area contributed by atoms with E-state index >= 15 is 0 Å². The van der Waals surface area contributed by atoms with Crippen LogP contribution in [0.4, 0.5) is 0 Å². The molecule has 0 bridgehead atoms. The van der Waals surface area contributed by atoms with Crippen molar-refractivity contribution in [3.05, 3.63) is 71.9 Å². The van der Waals surface area contributed by atoms with Gasteiger partial charge in [-0.05, 0) is 30.8 Å². The van der Waals surface area contributed by atoms with Crippen LogP contribution >= 0.6 is 12.2 Å². The maximum absolute atomic E-state index is 5.45. The summed E-state index contributed by atoms with van der Waals surface area (Å²) in [6, 6.07) is 18.7. The molecule has 4 nitrogen and oxygen atoms in total. The van der Waals surface area contributed by atoms with E-state index in [0.717, 1.165) is 23.2 Å². The topological polar surface area (TPSA) is 55.3 Å². The number of fused-ring (bicyclic) bond motifs is 1. The molecule has 0 saturated heterocycles. The van der Waals surface area contributed by atoms with Gasteiger partial charge >= 0.3 is 0 Å². The number of hydrazone groups is 1. The molecule has 3 rings (SSSR count). The summed E-state index contributed by atoms with van der Waals surface area (Å²) in [4.78, 5) is 0. The van der Waals surface area contributed by atoms with E-state index < -0.39 is 0 Å². The fraction of sp³-hybridized carbons (Fsp3) is 0.111. The molecule has 0 radical (unpaired) electrons. The number of nitrogens with zero attached hydrogens (tertiary/aromatic N) is 2. The van der Waals surface area contributed by atoms with Gasteiger partial charge in [0.1, 0.15) is 0 Å². The Kier molecular flexibility index (Phi) is 4.39. The number of nitrogens with two attached hydrogens (primary N) is 1. The first-order valence-electron chi connectivity index (χ1n) is 7.37. The molecule has 0 aliphatic heterocycles. The first-order chi connectivity index (χ1) is 11.1. The predicted octanol–water partition coefficient (Wildman–Crippen LogP) is 3.25. The third-order valence-electron chi connectivity index (χ3n) is 3.71. The summed E-state index contributed by atoms with van der Waals surface area (Å²) in [6.07, 6.45) is 2.12. The Labute approximate surface area is 140 Å². The molecule has 0 aliphatic rings. The van der Waals surface area contributed by atoms with Gasteiger partial charge in [0, 0.05) is 29.2 Å². The molecule has 0 unspecified atom stereocenters. The van der Waals surface area contributed by atoms with E-state index in [0.29, 0.717) is 0 Å². The number of hydrogen-bond acceptors (Lipinski definition) is 2. The molecule has 0 spiro atoms. The highest BCUT2D eigenvalue weighted by atomic mass is 32.1. The van der Waals surface area contributed by atoms with Gasteiger partial charge in [-0.2, -0.15) is 5.10 Å². The normalized spacial score (nSPS) is 11.6. The van der Waals surface area contributed by atoms with E-state index in [-0.39, 0.29) is 5.11 Å². The predicted molar refractivity (Wildman–Crippen MR) is 99.6 cm³/mol. The number of thiocarbonyl (C=S) groups is 1. The molecule has 0 amide bonds. The van der Waals surface area contributed by atoms with Crippen LogP contribution in [0.5, 0.6) is 0 Å². The van der Waals surface area contributed by atoms with Crippen LogP contribution in [0, 0.1) is 0 Å². The van der Waals surface area contributed by atoms with Crippen LogP contribution in [0.3, 0.4) is 0 Å². The van der Waals surface area contributed by atoms with Crippen molar-refractivity contribution in [2.75, 3.05) is 0 Å². The lowest BCUT2D eigenvalue weighted by atomic mass is 10.1. The van der Waals surface area contributed by atoms with Crippen molar-refractivity contribution in [1.82, 2.24) is 9.99 Å². The molecule has 116 valence electrons. The van der Waals surface area contributed by atoms with Gasteiger partial charge in [-0.15, -0.1) is 0 Å². The second-order valence-electron chi connectivity index (χ2n) is 5.35. The van der Waals surface area contributed by atoms with Crippen molar-refractivity contribution in [2.45, 2.75) is 13.5 Å². The summed E-state index contributed by atoms with van der Waals surface area (Å²) in [5.41, 5.74) is 12.5. The minimum absolute atomic E-state index is 0.164. The second-order valence-corrected chi connectivity index (χ2v) is 5.79. The van der Waals surface area contributed by atoms with Crippen LogP contribution in [0.2, 0.25) is 0 Å². The van der Waals surface area contributed by atoms with Crippen LogP contribution < -0.4 is 11.2 Å². The molecule has 3 aromatic rings. The fourth-order valence-electron chi connectivity index (χ4n) is 2.65. The Balaban J connectivity index is 2.03. The minimum atomic E-state index is 0.164. The monoisotopic (exact) mass is 322 g/mol. The molecule has 5 heteroatoms. The van der Waals surface area contributed by atoms with Crippen molar-refractivity contribution < 1.29 is 0 Å². The third kappa shape index (κ3) is 3.40. The Hall–Kier alpha value is -2.66. The van der Waals surface area contributed by atoms with Crippen molar-refractivity contribution in [1.29, 1.82) is 0 Å². The lowest BCUT2D eigenvalue weighted by Crippen LogP contribution is -2.25. The third-order valence-corrected chi connectivity index (χ3v) is 3.80. The Morgan fingerprint density at radius 2 is 1.83 bits per heavy atom. The van der Waals surface area contributed by atoms with E-state index in [4.69, 9.17) is 18.0 Å². The van der Waals surface area contributed by atoms with E-state index in [2.05, 4.69) is 57.7 Å². The lowest BCUT2D eigenvalue weighted by molar-refractivity contribution is 0.836. The lowest BCUT2D eigenvalue weighted by Gasteiger charge is -2.05. The zero-order valence-corrected chi connectivity index (χ0v) is 13.7. The maximum atomic E-state index is 5.45. The Morgan fingerprint density at radius 1 is 1.13 bits per heavy atom. The van der Waals surface area contributed by atoms with Gasteiger partial charge < -0.3 is 10.3 Å². The molecule has 1 aromatic heterocycles. The zero-order valence-electron chi connectivity index (χ0n) is 12.9. The highest BCUT2D eigenvalue weighted by Gasteiger charge is 2.10. The van der Waals surface area contributed by atoms with Crippen LogP contribution in [-0.4, -0.2) is 15.4 Å². The largest absolute Gasteiger partial charge is 0.375 e. The number of nitrogens with one attached hydrogen (secondary N) is 1.